The number of hydrogen-bond acceptors (Lipinski definition) is 7. The molecule has 0 aliphatic heterocycles. The van der Waals surface area contributed by atoms with Crippen LogP contribution < -0.4 is 10.9 Å². The van der Waals surface area contributed by atoms with Crippen LogP contribution in [0.15, 0.2) is 65.6 Å². The Balaban J connectivity index is 1.80. The highest BCUT2D eigenvalue weighted by Crippen LogP contribution is 2.60. The first kappa shape index (κ1) is 23.4. The molecule has 0 aliphatic carbocycles. The predicted octanol–water partition coefficient (Wildman–Crippen LogP) is 6.34. The number of nitrogens with one attached hydrogen (secondary N) is 2. The van der Waals surface area contributed by atoms with Crippen molar-refractivity contribution in [1.82, 2.24) is 9.97 Å². The van der Waals surface area contributed by atoms with Crippen LogP contribution in [0, 0.1) is 6.92 Å². The Labute approximate surface area is 196 Å². The van der Waals surface area contributed by atoms with Gasteiger partial charge in [-0.05, 0) is 49.9 Å². The number of aromatic nitrogens is 2. The molecule has 1 unspecified atom stereocenters. The molecule has 0 amide bonds. The van der Waals surface area contributed by atoms with Crippen LogP contribution in [0.1, 0.15) is 30.8 Å². The van der Waals surface area contributed by atoms with Crippen molar-refractivity contribution in [3.05, 3.63) is 82.3 Å². The lowest BCUT2D eigenvalue weighted by atomic mass is 10.1. The van der Waals surface area contributed by atoms with Gasteiger partial charge in [-0.2, -0.15) is 0 Å². The molecular formula is C24H26N3O4PS. The number of fused-ring (bicyclic) bond motifs is 1. The van der Waals surface area contributed by atoms with Crippen molar-refractivity contribution < 1.29 is 13.6 Å². The first-order valence-electron chi connectivity index (χ1n) is 10.7. The molecule has 2 aromatic carbocycles. The molecule has 0 radical (unpaired) electrons. The van der Waals surface area contributed by atoms with Crippen molar-refractivity contribution in [3.63, 3.8) is 0 Å². The van der Waals surface area contributed by atoms with Crippen molar-refractivity contribution in [2.45, 2.75) is 26.6 Å². The zero-order valence-electron chi connectivity index (χ0n) is 18.7. The molecule has 2 aromatic heterocycles. The Hall–Kier alpha value is -2.77. The topological polar surface area (TPSA) is 93.3 Å². The van der Waals surface area contributed by atoms with E-state index in [-0.39, 0.29) is 24.3 Å². The normalized spacial score (nSPS) is 12.7. The zero-order chi connectivity index (χ0) is 23.4. The van der Waals surface area contributed by atoms with Crippen LogP contribution in [-0.4, -0.2) is 23.2 Å². The summed E-state index contributed by atoms with van der Waals surface area (Å²) in [5, 5.41) is 4.54. The molecule has 172 valence electrons. The van der Waals surface area contributed by atoms with E-state index in [9.17, 15) is 9.36 Å². The van der Waals surface area contributed by atoms with E-state index in [2.05, 4.69) is 15.3 Å². The predicted molar refractivity (Wildman–Crippen MR) is 134 cm³/mol. The first-order chi connectivity index (χ1) is 15.9. The smallest absolute Gasteiger partial charge is 0.344 e. The van der Waals surface area contributed by atoms with E-state index in [1.807, 2.05) is 55.5 Å². The van der Waals surface area contributed by atoms with Crippen LogP contribution in [0.5, 0.6) is 0 Å². The van der Waals surface area contributed by atoms with Crippen molar-refractivity contribution >= 4 is 35.0 Å². The third kappa shape index (κ3) is 5.09. The second kappa shape index (κ2) is 10.0. The minimum atomic E-state index is -3.76. The lowest BCUT2D eigenvalue weighted by Gasteiger charge is -2.26. The summed E-state index contributed by atoms with van der Waals surface area (Å²) in [6.45, 7) is 5.81. The molecule has 9 heteroatoms. The molecule has 0 fully saturated rings. The zero-order valence-corrected chi connectivity index (χ0v) is 20.4. The van der Waals surface area contributed by atoms with E-state index >= 15 is 0 Å². The third-order valence-electron chi connectivity index (χ3n) is 5.08. The van der Waals surface area contributed by atoms with E-state index in [0.717, 1.165) is 21.4 Å². The van der Waals surface area contributed by atoms with Gasteiger partial charge in [0.25, 0.3) is 5.56 Å². The fourth-order valence-corrected chi connectivity index (χ4v) is 6.46. The SMILES string of the molecule is CCOP(=O)(OCC)C(Nc1ncc(-c2ccccc2)s1)c1cc2cc(C)ccc2[nH]c1=O. The Bertz CT molecular complexity index is 1340. The van der Waals surface area contributed by atoms with Gasteiger partial charge in [0.05, 0.1) is 23.7 Å². The summed E-state index contributed by atoms with van der Waals surface area (Å²) in [7, 11) is -3.76. The fourth-order valence-electron chi connectivity index (χ4n) is 3.61. The summed E-state index contributed by atoms with van der Waals surface area (Å²) in [4.78, 5) is 21.4. The Morgan fingerprint density at radius 3 is 2.52 bits per heavy atom. The second-order valence-electron chi connectivity index (χ2n) is 7.46. The third-order valence-corrected chi connectivity index (χ3v) is 8.34. The maximum atomic E-state index is 13.9. The van der Waals surface area contributed by atoms with Gasteiger partial charge in [-0.25, -0.2) is 4.98 Å². The summed E-state index contributed by atoms with van der Waals surface area (Å²) in [5.41, 5.74) is 2.70. The largest absolute Gasteiger partial charge is 0.357 e. The summed E-state index contributed by atoms with van der Waals surface area (Å²) in [6, 6.07) is 17.4. The molecule has 0 spiro atoms. The monoisotopic (exact) mass is 483 g/mol. The first-order valence-corrected chi connectivity index (χ1v) is 13.2. The average molecular weight is 484 g/mol. The van der Waals surface area contributed by atoms with Crippen molar-refractivity contribution in [1.29, 1.82) is 0 Å². The van der Waals surface area contributed by atoms with Crippen LogP contribution in [0.4, 0.5) is 5.13 Å². The molecule has 2 heterocycles. The van der Waals surface area contributed by atoms with Gasteiger partial charge in [-0.3, -0.25) is 9.36 Å². The maximum Gasteiger partial charge on any atom is 0.357 e. The molecule has 0 bridgehead atoms. The maximum absolute atomic E-state index is 13.9. The van der Waals surface area contributed by atoms with Crippen LogP contribution in [0.25, 0.3) is 21.3 Å². The Kier molecular flexibility index (Phi) is 7.10. The molecular weight excluding hydrogens is 457 g/mol. The van der Waals surface area contributed by atoms with Crippen molar-refractivity contribution in [2.75, 3.05) is 18.5 Å². The van der Waals surface area contributed by atoms with Gasteiger partial charge in [0, 0.05) is 11.7 Å². The molecule has 7 nitrogen and oxygen atoms in total. The number of rotatable bonds is 9. The Morgan fingerprint density at radius 1 is 1.09 bits per heavy atom. The Morgan fingerprint density at radius 2 is 1.82 bits per heavy atom. The highest BCUT2D eigenvalue weighted by molar-refractivity contribution is 7.54. The van der Waals surface area contributed by atoms with E-state index in [4.69, 9.17) is 9.05 Å². The number of hydrogen-bond donors (Lipinski definition) is 2. The lowest BCUT2D eigenvalue weighted by molar-refractivity contribution is 0.214. The standard InChI is InChI=1S/C24H26N3O4PS/c1-4-30-32(29,31-5-2)23(19-14-18-13-16(3)11-12-20(18)26-22(19)28)27-24-25-15-21(33-24)17-9-7-6-8-10-17/h6-15,23H,4-5H2,1-3H3,(H,25,27)(H,26,28). The number of nitrogens with zero attached hydrogens (tertiary/aromatic N) is 1. The van der Waals surface area contributed by atoms with Gasteiger partial charge in [0.1, 0.15) is 0 Å². The molecule has 1 atom stereocenters. The van der Waals surface area contributed by atoms with E-state index in [1.54, 1.807) is 26.1 Å². The highest BCUT2D eigenvalue weighted by Gasteiger charge is 2.39. The van der Waals surface area contributed by atoms with Crippen LogP contribution >= 0.6 is 18.9 Å². The van der Waals surface area contributed by atoms with E-state index < -0.39 is 13.4 Å². The van der Waals surface area contributed by atoms with Crippen molar-refractivity contribution in [3.8, 4) is 10.4 Å². The molecule has 0 saturated heterocycles. The molecule has 2 N–H and O–H groups in total. The molecule has 33 heavy (non-hydrogen) atoms. The van der Waals surface area contributed by atoms with Gasteiger partial charge < -0.3 is 19.3 Å². The van der Waals surface area contributed by atoms with Crippen LogP contribution in [-0.2, 0) is 13.6 Å². The number of H-pyrrole nitrogens is 1. The summed E-state index contributed by atoms with van der Waals surface area (Å²) in [5.74, 6) is -1.03. The molecule has 4 rings (SSSR count). The lowest BCUT2D eigenvalue weighted by Crippen LogP contribution is -2.23. The summed E-state index contributed by atoms with van der Waals surface area (Å²) >= 11 is 1.41. The molecule has 0 aliphatic rings. The van der Waals surface area contributed by atoms with Crippen LogP contribution in [0.3, 0.4) is 0 Å². The minimum absolute atomic E-state index is 0.174. The quantitative estimate of drug-likeness (QED) is 0.270. The van der Waals surface area contributed by atoms with Crippen molar-refractivity contribution in [2.24, 2.45) is 0 Å². The molecule has 0 saturated carbocycles. The van der Waals surface area contributed by atoms with Crippen LogP contribution in [0.2, 0.25) is 0 Å². The van der Waals surface area contributed by atoms with Gasteiger partial charge in [-0.15, -0.1) is 0 Å². The second-order valence-corrected chi connectivity index (χ2v) is 10.6. The van der Waals surface area contributed by atoms with Gasteiger partial charge in [-0.1, -0.05) is 53.3 Å². The number of aryl methyl sites for hydroxylation is 1. The minimum Gasteiger partial charge on any atom is -0.344 e. The van der Waals surface area contributed by atoms with Gasteiger partial charge in [0.15, 0.2) is 10.9 Å². The number of anilines is 1. The number of thiazole rings is 1. The summed E-state index contributed by atoms with van der Waals surface area (Å²) in [6.07, 6.45) is 1.75. The number of benzene rings is 2. The average Bonchev–Trinajstić information content (AvgIpc) is 3.27. The highest BCUT2D eigenvalue weighted by atomic mass is 32.1. The van der Waals surface area contributed by atoms with E-state index in [0.29, 0.717) is 10.6 Å². The van der Waals surface area contributed by atoms with E-state index in [1.165, 1.54) is 11.3 Å². The fraction of sp³-hybridized carbons (Fsp3) is 0.250. The number of pyridine rings is 1. The van der Waals surface area contributed by atoms with Gasteiger partial charge >= 0.3 is 7.60 Å². The van der Waals surface area contributed by atoms with Gasteiger partial charge in [0.2, 0.25) is 0 Å². The number of aromatic amines is 1. The molecule has 4 aromatic rings. The summed E-state index contributed by atoms with van der Waals surface area (Å²) < 4.78 is 25.1.